The number of carbonyl (C=O) groups is 1. The van der Waals surface area contributed by atoms with Crippen molar-refractivity contribution >= 4 is 17.3 Å². The molecule has 0 aliphatic heterocycles. The number of benzene rings is 2. The first-order valence-electron chi connectivity index (χ1n) is 9.47. The molecule has 29 heavy (non-hydrogen) atoms. The van der Waals surface area contributed by atoms with Crippen molar-refractivity contribution in [3.8, 4) is 11.5 Å². The highest BCUT2D eigenvalue weighted by atomic mass is 16.5. The lowest BCUT2D eigenvalue weighted by molar-refractivity contribution is 0.102. The molecule has 0 saturated heterocycles. The van der Waals surface area contributed by atoms with Gasteiger partial charge in [0.25, 0.3) is 5.91 Å². The van der Waals surface area contributed by atoms with Crippen LogP contribution in [0.5, 0.6) is 11.5 Å². The van der Waals surface area contributed by atoms with Crippen LogP contribution in [-0.4, -0.2) is 31.7 Å². The Morgan fingerprint density at radius 2 is 1.83 bits per heavy atom. The van der Waals surface area contributed by atoms with Crippen LogP contribution in [0.2, 0.25) is 0 Å². The summed E-state index contributed by atoms with van der Waals surface area (Å²) in [6, 6.07) is 19.2. The van der Waals surface area contributed by atoms with Gasteiger partial charge in [-0.3, -0.25) is 4.79 Å². The fourth-order valence-electron chi connectivity index (χ4n) is 2.89. The predicted molar refractivity (Wildman–Crippen MR) is 115 cm³/mol. The van der Waals surface area contributed by atoms with E-state index in [2.05, 4.69) is 39.9 Å². The van der Waals surface area contributed by atoms with Crippen molar-refractivity contribution in [2.45, 2.75) is 12.8 Å². The van der Waals surface area contributed by atoms with Gasteiger partial charge in [0.2, 0.25) is 0 Å². The monoisotopic (exact) mass is 391 g/mol. The Bertz CT molecular complexity index is 928. The van der Waals surface area contributed by atoms with Gasteiger partial charge in [-0.05, 0) is 42.7 Å². The van der Waals surface area contributed by atoms with Gasteiger partial charge in [-0.15, -0.1) is 0 Å². The minimum Gasteiger partial charge on any atom is -0.497 e. The number of aryl methyl sites for hydroxylation is 1. The van der Waals surface area contributed by atoms with E-state index < -0.39 is 0 Å². The fraction of sp³-hybridized carbons (Fsp3) is 0.217. The van der Waals surface area contributed by atoms with Crippen LogP contribution in [0.4, 0.5) is 11.4 Å². The van der Waals surface area contributed by atoms with Crippen LogP contribution < -0.4 is 20.1 Å². The molecule has 0 spiro atoms. The molecule has 0 fully saturated rings. The van der Waals surface area contributed by atoms with Gasteiger partial charge in [-0.1, -0.05) is 30.3 Å². The Labute approximate surface area is 170 Å². The third kappa shape index (κ3) is 5.72. The highest BCUT2D eigenvalue weighted by Gasteiger charge is 2.12. The average Bonchev–Trinajstić information content (AvgIpc) is 2.78. The highest BCUT2D eigenvalue weighted by Crippen LogP contribution is 2.29. The smallest absolute Gasteiger partial charge is 0.274 e. The van der Waals surface area contributed by atoms with Gasteiger partial charge in [0.1, 0.15) is 17.2 Å². The van der Waals surface area contributed by atoms with Gasteiger partial charge < -0.3 is 20.1 Å². The Hall–Kier alpha value is -3.54. The zero-order valence-corrected chi connectivity index (χ0v) is 16.6. The van der Waals surface area contributed by atoms with Gasteiger partial charge >= 0.3 is 0 Å². The van der Waals surface area contributed by atoms with Crippen LogP contribution in [0.1, 0.15) is 22.5 Å². The van der Waals surface area contributed by atoms with E-state index in [1.54, 1.807) is 44.7 Å². The zero-order valence-electron chi connectivity index (χ0n) is 16.6. The van der Waals surface area contributed by atoms with Crippen LogP contribution >= 0.6 is 0 Å². The summed E-state index contributed by atoms with van der Waals surface area (Å²) in [5.41, 5.74) is 3.10. The number of hydrogen-bond acceptors (Lipinski definition) is 5. The molecule has 1 heterocycles. The molecule has 0 saturated carbocycles. The maximum atomic E-state index is 12.5. The van der Waals surface area contributed by atoms with Crippen LogP contribution in [-0.2, 0) is 6.42 Å². The molecule has 3 rings (SSSR count). The summed E-state index contributed by atoms with van der Waals surface area (Å²) < 4.78 is 10.5. The van der Waals surface area contributed by atoms with Gasteiger partial charge in [0, 0.05) is 12.6 Å². The van der Waals surface area contributed by atoms with Crippen LogP contribution in [0.15, 0.2) is 66.9 Å². The number of anilines is 2. The summed E-state index contributed by atoms with van der Waals surface area (Å²) in [6.07, 6.45) is 3.71. The predicted octanol–water partition coefficient (Wildman–Crippen LogP) is 4.40. The van der Waals surface area contributed by atoms with Gasteiger partial charge in [0.05, 0.1) is 31.8 Å². The number of nitrogens with zero attached hydrogens (tertiary/aromatic N) is 1. The van der Waals surface area contributed by atoms with Crippen molar-refractivity contribution in [3.05, 3.63) is 78.1 Å². The minimum absolute atomic E-state index is 0.302. The van der Waals surface area contributed by atoms with E-state index in [0.29, 0.717) is 22.9 Å². The number of carbonyl (C=O) groups excluding carboxylic acids is 1. The molecule has 0 atom stereocenters. The zero-order chi connectivity index (χ0) is 20.5. The first-order valence-corrected chi connectivity index (χ1v) is 9.47. The summed E-state index contributed by atoms with van der Waals surface area (Å²) in [4.78, 5) is 16.7. The van der Waals surface area contributed by atoms with E-state index >= 15 is 0 Å². The van der Waals surface area contributed by atoms with Gasteiger partial charge in [0.15, 0.2) is 0 Å². The molecule has 150 valence electrons. The van der Waals surface area contributed by atoms with E-state index in [0.717, 1.165) is 25.1 Å². The van der Waals surface area contributed by atoms with Crippen LogP contribution in [0.25, 0.3) is 0 Å². The number of methoxy groups -OCH3 is 2. The number of rotatable bonds is 9. The number of ether oxygens (including phenoxy) is 2. The Morgan fingerprint density at radius 1 is 1.00 bits per heavy atom. The second-order valence-corrected chi connectivity index (χ2v) is 6.47. The third-order valence-corrected chi connectivity index (χ3v) is 4.47. The SMILES string of the molecule is COc1ccc(NC(=O)c2ccc(NCCCc3ccccc3)cn2)c(OC)c1. The second-order valence-electron chi connectivity index (χ2n) is 6.47. The molecular weight excluding hydrogens is 366 g/mol. The summed E-state index contributed by atoms with van der Waals surface area (Å²) in [5.74, 6) is 0.874. The van der Waals surface area contributed by atoms with Crippen molar-refractivity contribution < 1.29 is 14.3 Å². The van der Waals surface area contributed by atoms with Crippen LogP contribution in [0.3, 0.4) is 0 Å². The quantitative estimate of drug-likeness (QED) is 0.529. The Kier molecular flexibility index (Phi) is 7.05. The molecular formula is C23H25N3O3. The maximum Gasteiger partial charge on any atom is 0.274 e. The lowest BCUT2D eigenvalue weighted by atomic mass is 10.1. The van der Waals surface area contributed by atoms with E-state index in [1.165, 1.54) is 5.56 Å². The molecule has 0 unspecified atom stereocenters. The minimum atomic E-state index is -0.302. The normalized spacial score (nSPS) is 10.3. The largest absolute Gasteiger partial charge is 0.497 e. The number of pyridine rings is 1. The van der Waals surface area contributed by atoms with E-state index in [9.17, 15) is 4.79 Å². The van der Waals surface area contributed by atoms with Crippen molar-refractivity contribution in [3.63, 3.8) is 0 Å². The summed E-state index contributed by atoms with van der Waals surface area (Å²) in [5, 5.41) is 6.15. The first kappa shape index (κ1) is 20.2. The molecule has 2 N–H and O–H groups in total. The lowest BCUT2D eigenvalue weighted by Gasteiger charge is -2.11. The third-order valence-electron chi connectivity index (χ3n) is 4.47. The second kappa shape index (κ2) is 10.1. The molecule has 0 radical (unpaired) electrons. The summed E-state index contributed by atoms with van der Waals surface area (Å²) in [6.45, 7) is 0.838. The van der Waals surface area contributed by atoms with Crippen LogP contribution in [0, 0.1) is 0 Å². The highest BCUT2D eigenvalue weighted by molar-refractivity contribution is 6.03. The summed E-state index contributed by atoms with van der Waals surface area (Å²) >= 11 is 0. The first-order chi connectivity index (χ1) is 14.2. The number of hydrogen-bond donors (Lipinski definition) is 2. The van der Waals surface area contributed by atoms with E-state index in [4.69, 9.17) is 9.47 Å². The Morgan fingerprint density at radius 3 is 2.52 bits per heavy atom. The average molecular weight is 391 g/mol. The molecule has 3 aromatic rings. The topological polar surface area (TPSA) is 72.5 Å². The molecule has 0 bridgehead atoms. The number of nitrogens with one attached hydrogen (secondary N) is 2. The van der Waals surface area contributed by atoms with Gasteiger partial charge in [-0.2, -0.15) is 0 Å². The molecule has 1 aromatic heterocycles. The molecule has 2 aromatic carbocycles. The number of amides is 1. The fourth-order valence-corrected chi connectivity index (χ4v) is 2.89. The van der Waals surface area contributed by atoms with Gasteiger partial charge in [-0.25, -0.2) is 4.98 Å². The maximum absolute atomic E-state index is 12.5. The van der Waals surface area contributed by atoms with E-state index in [-0.39, 0.29) is 5.91 Å². The molecule has 1 amide bonds. The molecule has 0 aliphatic carbocycles. The van der Waals surface area contributed by atoms with Crippen molar-refractivity contribution in [2.75, 3.05) is 31.4 Å². The standard InChI is InChI=1S/C23H25N3O3/c1-28-19-11-13-20(22(15-19)29-2)26-23(27)21-12-10-18(16-25-21)24-14-6-9-17-7-4-3-5-8-17/h3-5,7-8,10-13,15-16,24H,6,9,14H2,1-2H3,(H,26,27). The van der Waals surface area contributed by atoms with E-state index in [1.807, 2.05) is 12.1 Å². The lowest BCUT2D eigenvalue weighted by Crippen LogP contribution is -2.14. The van der Waals surface area contributed by atoms with Crippen molar-refractivity contribution in [1.82, 2.24) is 4.98 Å². The molecule has 6 nitrogen and oxygen atoms in total. The molecule has 0 aliphatic rings. The summed E-state index contributed by atoms with van der Waals surface area (Å²) in [7, 11) is 3.12. The Balaban J connectivity index is 1.52. The molecule has 6 heteroatoms. The van der Waals surface area contributed by atoms with Crippen molar-refractivity contribution in [1.29, 1.82) is 0 Å². The van der Waals surface area contributed by atoms with Crippen molar-refractivity contribution in [2.24, 2.45) is 0 Å². The number of aromatic nitrogens is 1.